The number of amides is 1. The number of benzene rings is 1. The lowest BCUT2D eigenvalue weighted by atomic mass is 9.99. The molecule has 0 unspecified atom stereocenters. The number of anilines is 2. The van der Waals surface area contributed by atoms with Crippen LogP contribution in [-0.2, 0) is 29.0 Å². The van der Waals surface area contributed by atoms with Crippen LogP contribution in [0.15, 0.2) is 30.6 Å². The Hall–Kier alpha value is -2.71. The maximum absolute atomic E-state index is 12.5. The minimum Gasteiger partial charge on any atom is -0.391 e. The van der Waals surface area contributed by atoms with Crippen LogP contribution in [0.4, 0.5) is 11.6 Å². The van der Waals surface area contributed by atoms with E-state index in [0.29, 0.717) is 44.2 Å². The molecule has 4 rings (SSSR count). The third kappa shape index (κ3) is 4.23. The average Bonchev–Trinajstić information content (AvgIpc) is 3.07. The van der Waals surface area contributed by atoms with E-state index < -0.39 is 6.10 Å². The third-order valence-corrected chi connectivity index (χ3v) is 5.30. The molecular formula is C20H25N5O3. The van der Waals surface area contributed by atoms with E-state index in [2.05, 4.69) is 21.4 Å². The van der Waals surface area contributed by atoms with Crippen molar-refractivity contribution in [3.8, 4) is 0 Å². The standard InChI is InChI=1S/C20H25N5O3/c21-18-8-19(24-12-23-18)25-10-17(26)7-16(25)9-22-20(27)6-13-1-2-15-11-28-4-3-14(15)5-13/h1-2,5,8,12,16-17,26H,3-4,6-7,9-11H2,(H,22,27)(H2,21,23,24)/t16-,17-/m1/s1. The first kappa shape index (κ1) is 18.6. The number of carbonyl (C=O) groups excluding carboxylic acids is 1. The van der Waals surface area contributed by atoms with Gasteiger partial charge in [0.2, 0.25) is 5.91 Å². The zero-order valence-electron chi connectivity index (χ0n) is 15.7. The predicted octanol–water partition coefficient (Wildman–Crippen LogP) is 0.430. The van der Waals surface area contributed by atoms with Crippen molar-refractivity contribution < 1.29 is 14.6 Å². The Morgan fingerprint density at radius 2 is 2.21 bits per heavy atom. The van der Waals surface area contributed by atoms with Gasteiger partial charge in [0, 0.05) is 19.2 Å². The number of hydrogen-bond donors (Lipinski definition) is 3. The molecule has 4 N–H and O–H groups in total. The summed E-state index contributed by atoms with van der Waals surface area (Å²) in [6.07, 6.45) is 2.75. The number of hydrogen-bond acceptors (Lipinski definition) is 7. The minimum absolute atomic E-state index is 0.0319. The van der Waals surface area contributed by atoms with E-state index in [-0.39, 0.29) is 11.9 Å². The summed E-state index contributed by atoms with van der Waals surface area (Å²) in [7, 11) is 0. The Bertz CT molecular complexity index is 859. The van der Waals surface area contributed by atoms with Gasteiger partial charge in [0.15, 0.2) is 0 Å². The maximum Gasteiger partial charge on any atom is 0.224 e. The van der Waals surface area contributed by atoms with Crippen LogP contribution in [0.5, 0.6) is 0 Å². The van der Waals surface area contributed by atoms with E-state index in [4.69, 9.17) is 10.5 Å². The van der Waals surface area contributed by atoms with Crippen LogP contribution in [0.25, 0.3) is 0 Å². The maximum atomic E-state index is 12.5. The number of aliphatic hydroxyl groups excluding tert-OH is 1. The molecule has 1 amide bonds. The Kier molecular flexibility index (Phi) is 5.40. The van der Waals surface area contributed by atoms with Crippen molar-refractivity contribution in [3.63, 3.8) is 0 Å². The smallest absolute Gasteiger partial charge is 0.224 e. The molecule has 2 aliphatic heterocycles. The largest absolute Gasteiger partial charge is 0.391 e. The summed E-state index contributed by atoms with van der Waals surface area (Å²) in [5, 5.41) is 13.1. The summed E-state index contributed by atoms with van der Waals surface area (Å²) < 4.78 is 5.45. The van der Waals surface area contributed by atoms with Gasteiger partial charge in [-0.1, -0.05) is 18.2 Å². The zero-order valence-corrected chi connectivity index (χ0v) is 15.7. The number of nitrogen functional groups attached to an aromatic ring is 1. The Morgan fingerprint density at radius 3 is 3.07 bits per heavy atom. The Balaban J connectivity index is 1.36. The molecule has 2 atom stereocenters. The molecule has 28 heavy (non-hydrogen) atoms. The second-order valence-corrected chi connectivity index (χ2v) is 7.38. The van der Waals surface area contributed by atoms with Gasteiger partial charge in [-0.2, -0.15) is 0 Å². The lowest BCUT2D eigenvalue weighted by Gasteiger charge is -2.25. The molecule has 8 heteroatoms. The second kappa shape index (κ2) is 8.12. The van der Waals surface area contributed by atoms with Gasteiger partial charge in [0.25, 0.3) is 0 Å². The zero-order chi connectivity index (χ0) is 19.5. The van der Waals surface area contributed by atoms with E-state index in [1.807, 2.05) is 17.0 Å². The topological polar surface area (TPSA) is 114 Å². The highest BCUT2D eigenvalue weighted by atomic mass is 16.5. The molecule has 8 nitrogen and oxygen atoms in total. The van der Waals surface area contributed by atoms with Crippen LogP contribution < -0.4 is 16.0 Å². The Morgan fingerprint density at radius 1 is 1.32 bits per heavy atom. The van der Waals surface area contributed by atoms with Crippen molar-refractivity contribution in [2.45, 2.75) is 38.0 Å². The van der Waals surface area contributed by atoms with Gasteiger partial charge in [-0.3, -0.25) is 4.79 Å². The van der Waals surface area contributed by atoms with E-state index in [1.54, 1.807) is 6.07 Å². The van der Waals surface area contributed by atoms with Crippen molar-refractivity contribution in [2.75, 3.05) is 30.3 Å². The molecule has 1 saturated heterocycles. The number of nitrogens with zero attached hydrogens (tertiary/aromatic N) is 3. The van der Waals surface area contributed by atoms with Crippen molar-refractivity contribution in [1.29, 1.82) is 0 Å². The van der Waals surface area contributed by atoms with E-state index in [9.17, 15) is 9.90 Å². The molecule has 0 spiro atoms. The summed E-state index contributed by atoms with van der Waals surface area (Å²) in [5.41, 5.74) is 9.22. The fourth-order valence-corrected chi connectivity index (χ4v) is 3.89. The van der Waals surface area contributed by atoms with E-state index in [0.717, 1.165) is 18.6 Å². The molecular weight excluding hydrogens is 358 g/mol. The number of carbonyl (C=O) groups is 1. The molecule has 0 saturated carbocycles. The average molecular weight is 383 g/mol. The van der Waals surface area contributed by atoms with E-state index >= 15 is 0 Å². The Labute approximate surface area is 163 Å². The number of nitrogens with two attached hydrogens (primary N) is 1. The monoisotopic (exact) mass is 383 g/mol. The van der Waals surface area contributed by atoms with Gasteiger partial charge in [0.05, 0.1) is 31.8 Å². The fourth-order valence-electron chi connectivity index (χ4n) is 3.89. The lowest BCUT2D eigenvalue weighted by Crippen LogP contribution is -2.41. The van der Waals surface area contributed by atoms with Gasteiger partial charge in [-0.05, 0) is 29.5 Å². The van der Waals surface area contributed by atoms with Crippen molar-refractivity contribution in [1.82, 2.24) is 15.3 Å². The number of ether oxygens (including phenoxy) is 1. The summed E-state index contributed by atoms with van der Waals surface area (Å²) in [4.78, 5) is 22.6. The first-order chi connectivity index (χ1) is 13.6. The predicted molar refractivity (Wildman–Crippen MR) is 105 cm³/mol. The summed E-state index contributed by atoms with van der Waals surface area (Å²) in [6, 6.07) is 7.79. The van der Waals surface area contributed by atoms with Crippen LogP contribution in [0.3, 0.4) is 0 Å². The molecule has 3 heterocycles. The van der Waals surface area contributed by atoms with Crippen molar-refractivity contribution >= 4 is 17.5 Å². The quantitative estimate of drug-likeness (QED) is 0.686. The first-order valence-corrected chi connectivity index (χ1v) is 9.56. The highest BCUT2D eigenvalue weighted by Crippen LogP contribution is 2.24. The third-order valence-electron chi connectivity index (χ3n) is 5.30. The fraction of sp³-hybridized carbons (Fsp3) is 0.450. The highest BCUT2D eigenvalue weighted by molar-refractivity contribution is 5.78. The van der Waals surface area contributed by atoms with Crippen molar-refractivity contribution in [2.24, 2.45) is 0 Å². The van der Waals surface area contributed by atoms with Crippen LogP contribution in [0.1, 0.15) is 23.1 Å². The second-order valence-electron chi connectivity index (χ2n) is 7.38. The number of nitrogens with one attached hydrogen (secondary N) is 1. The molecule has 0 radical (unpaired) electrons. The molecule has 2 aliphatic rings. The van der Waals surface area contributed by atoms with Crippen LogP contribution in [0, 0.1) is 0 Å². The molecule has 2 aromatic rings. The van der Waals surface area contributed by atoms with Crippen molar-refractivity contribution in [3.05, 3.63) is 47.3 Å². The first-order valence-electron chi connectivity index (χ1n) is 9.56. The van der Waals surface area contributed by atoms with Gasteiger partial charge < -0.3 is 25.8 Å². The lowest BCUT2D eigenvalue weighted by molar-refractivity contribution is -0.120. The molecule has 148 valence electrons. The molecule has 0 bridgehead atoms. The molecule has 1 fully saturated rings. The number of aliphatic hydroxyl groups is 1. The normalized spacial score (nSPS) is 21.4. The van der Waals surface area contributed by atoms with Crippen LogP contribution in [-0.4, -0.2) is 52.8 Å². The minimum atomic E-state index is -0.457. The number of aromatic nitrogens is 2. The van der Waals surface area contributed by atoms with Gasteiger partial charge in [-0.15, -0.1) is 0 Å². The van der Waals surface area contributed by atoms with Gasteiger partial charge in [0.1, 0.15) is 18.0 Å². The van der Waals surface area contributed by atoms with Crippen LogP contribution in [0.2, 0.25) is 0 Å². The number of β-amino-alcohol motifs (C(OH)–C–C–N with tert-alkyl or cyclic N) is 1. The SMILES string of the molecule is Nc1cc(N2C[C@H](O)C[C@@H]2CNC(=O)Cc2ccc3c(c2)CCOC3)ncn1. The van der Waals surface area contributed by atoms with Gasteiger partial charge >= 0.3 is 0 Å². The number of rotatable bonds is 5. The summed E-state index contributed by atoms with van der Waals surface area (Å²) in [6.45, 7) is 2.29. The highest BCUT2D eigenvalue weighted by Gasteiger charge is 2.32. The number of fused-ring (bicyclic) bond motifs is 1. The molecule has 0 aliphatic carbocycles. The molecule has 1 aromatic heterocycles. The van der Waals surface area contributed by atoms with Gasteiger partial charge in [-0.25, -0.2) is 9.97 Å². The van der Waals surface area contributed by atoms with E-state index in [1.165, 1.54) is 17.5 Å². The summed E-state index contributed by atoms with van der Waals surface area (Å²) in [5.74, 6) is 1.02. The molecule has 1 aromatic carbocycles. The summed E-state index contributed by atoms with van der Waals surface area (Å²) >= 11 is 0. The van der Waals surface area contributed by atoms with Crippen LogP contribution >= 0.6 is 0 Å².